The van der Waals surface area contributed by atoms with Crippen molar-refractivity contribution in [1.29, 1.82) is 0 Å². The van der Waals surface area contributed by atoms with Gasteiger partial charge in [0, 0.05) is 25.4 Å². The topological polar surface area (TPSA) is 96.0 Å². The van der Waals surface area contributed by atoms with Crippen molar-refractivity contribution in [2.75, 3.05) is 18.1 Å². The highest BCUT2D eigenvalue weighted by Gasteiger charge is 2.61. The third-order valence-electron chi connectivity index (χ3n) is 6.57. The summed E-state index contributed by atoms with van der Waals surface area (Å²) in [6.07, 6.45) is 8.04. The lowest BCUT2D eigenvalue weighted by Gasteiger charge is -2.48. The summed E-state index contributed by atoms with van der Waals surface area (Å²) in [5, 5.41) is 2.95. The number of benzene rings is 1. The standard InChI is InChI=1S/C24H29N3O5/c1-2-15-26-22(30)18-11-7-8-12-19(18)27-21(29)13-14-24(26,27)23(31)32-16-20(28)25-17-9-5-3-4-6-10-17/h2,7-8,11-12,17H,1,3-6,9-10,13-16H2,(H,25,28)/t24-/m1/s1. The Kier molecular flexibility index (Phi) is 6.30. The van der Waals surface area contributed by atoms with E-state index in [4.69, 9.17) is 4.74 Å². The largest absolute Gasteiger partial charge is 0.452 e. The number of para-hydroxylation sites is 1. The van der Waals surface area contributed by atoms with Crippen LogP contribution >= 0.6 is 0 Å². The van der Waals surface area contributed by atoms with Gasteiger partial charge >= 0.3 is 5.97 Å². The maximum Gasteiger partial charge on any atom is 0.354 e. The number of amides is 3. The summed E-state index contributed by atoms with van der Waals surface area (Å²) in [5.41, 5.74) is -0.876. The van der Waals surface area contributed by atoms with Crippen LogP contribution in [0, 0.1) is 0 Å². The molecule has 1 aromatic carbocycles. The normalized spacial score (nSPS) is 23.2. The minimum Gasteiger partial charge on any atom is -0.452 e. The maximum atomic E-state index is 13.4. The molecule has 170 valence electrons. The molecule has 2 heterocycles. The number of esters is 1. The molecule has 1 aromatic rings. The van der Waals surface area contributed by atoms with Crippen LogP contribution in [0.3, 0.4) is 0 Å². The van der Waals surface area contributed by atoms with Crippen LogP contribution in [0.4, 0.5) is 5.69 Å². The van der Waals surface area contributed by atoms with Gasteiger partial charge in [-0.1, -0.05) is 43.9 Å². The zero-order chi connectivity index (χ0) is 22.7. The molecule has 32 heavy (non-hydrogen) atoms. The van der Waals surface area contributed by atoms with Gasteiger partial charge in [-0.05, 0) is 25.0 Å². The summed E-state index contributed by atoms with van der Waals surface area (Å²) in [6, 6.07) is 6.81. The number of hydrogen-bond acceptors (Lipinski definition) is 5. The number of rotatable bonds is 6. The average Bonchev–Trinajstić information content (AvgIpc) is 2.96. The van der Waals surface area contributed by atoms with Gasteiger partial charge in [0.15, 0.2) is 6.61 Å². The van der Waals surface area contributed by atoms with Gasteiger partial charge in [-0.25, -0.2) is 4.79 Å². The molecule has 3 aliphatic rings. The van der Waals surface area contributed by atoms with Gasteiger partial charge in [-0.3, -0.25) is 19.3 Å². The third-order valence-corrected chi connectivity index (χ3v) is 6.57. The molecule has 0 spiro atoms. The zero-order valence-corrected chi connectivity index (χ0v) is 18.2. The van der Waals surface area contributed by atoms with Gasteiger partial charge < -0.3 is 15.0 Å². The van der Waals surface area contributed by atoms with Crippen LogP contribution in [0.2, 0.25) is 0 Å². The molecule has 2 aliphatic heterocycles. The van der Waals surface area contributed by atoms with Crippen LogP contribution in [0.5, 0.6) is 0 Å². The zero-order valence-electron chi connectivity index (χ0n) is 18.2. The summed E-state index contributed by atoms with van der Waals surface area (Å²) in [6.45, 7) is 3.32. The van der Waals surface area contributed by atoms with Crippen LogP contribution < -0.4 is 10.2 Å². The Morgan fingerprint density at radius 2 is 1.88 bits per heavy atom. The molecule has 1 atom stereocenters. The molecule has 8 nitrogen and oxygen atoms in total. The third kappa shape index (κ3) is 3.78. The smallest absolute Gasteiger partial charge is 0.354 e. The van der Waals surface area contributed by atoms with Crippen LogP contribution in [0.1, 0.15) is 61.7 Å². The van der Waals surface area contributed by atoms with E-state index in [1.807, 2.05) is 0 Å². The number of ether oxygens (including phenoxy) is 1. The Labute approximate surface area is 187 Å². The summed E-state index contributed by atoms with van der Waals surface area (Å²) < 4.78 is 5.44. The molecule has 1 N–H and O–H groups in total. The second kappa shape index (κ2) is 9.14. The minimum atomic E-state index is -1.61. The van der Waals surface area contributed by atoms with Crippen molar-refractivity contribution in [3.8, 4) is 0 Å². The van der Waals surface area contributed by atoms with Crippen molar-refractivity contribution in [3.05, 3.63) is 42.5 Å². The Hall–Kier alpha value is -3.16. The lowest BCUT2D eigenvalue weighted by molar-refractivity contribution is -0.160. The summed E-state index contributed by atoms with van der Waals surface area (Å²) in [7, 11) is 0. The predicted octanol–water partition coefficient (Wildman–Crippen LogP) is 2.53. The Bertz CT molecular complexity index is 937. The molecule has 2 fully saturated rings. The lowest BCUT2D eigenvalue weighted by Crippen LogP contribution is -2.68. The molecular formula is C24H29N3O5. The van der Waals surface area contributed by atoms with E-state index in [0.29, 0.717) is 11.3 Å². The van der Waals surface area contributed by atoms with Gasteiger partial charge in [-0.15, -0.1) is 6.58 Å². The van der Waals surface area contributed by atoms with Crippen LogP contribution in [-0.2, 0) is 19.1 Å². The first kappa shape index (κ1) is 22.0. The van der Waals surface area contributed by atoms with Gasteiger partial charge in [0.1, 0.15) is 0 Å². The number of carbonyl (C=O) groups is 4. The van der Waals surface area contributed by atoms with Crippen molar-refractivity contribution in [2.45, 2.75) is 63.1 Å². The quantitative estimate of drug-likeness (QED) is 0.417. The molecule has 4 rings (SSSR count). The van der Waals surface area contributed by atoms with E-state index in [0.717, 1.165) is 25.7 Å². The highest BCUT2D eigenvalue weighted by molar-refractivity contribution is 6.15. The van der Waals surface area contributed by atoms with E-state index >= 15 is 0 Å². The summed E-state index contributed by atoms with van der Waals surface area (Å²) >= 11 is 0. The number of anilines is 1. The van der Waals surface area contributed by atoms with E-state index in [2.05, 4.69) is 11.9 Å². The predicted molar refractivity (Wildman–Crippen MR) is 118 cm³/mol. The van der Waals surface area contributed by atoms with Crippen LogP contribution in [0.25, 0.3) is 0 Å². The van der Waals surface area contributed by atoms with E-state index in [1.165, 1.54) is 28.7 Å². The second-order valence-electron chi connectivity index (χ2n) is 8.60. The number of nitrogens with zero attached hydrogens (tertiary/aromatic N) is 2. The van der Waals surface area contributed by atoms with Crippen molar-refractivity contribution in [1.82, 2.24) is 10.2 Å². The van der Waals surface area contributed by atoms with Gasteiger partial charge in [0.25, 0.3) is 11.8 Å². The van der Waals surface area contributed by atoms with Gasteiger partial charge in [-0.2, -0.15) is 0 Å². The SMILES string of the molecule is C=CCN1C(=O)c2ccccc2N2C(=O)CC[C@@]12C(=O)OCC(=O)NC1CCCCCC1. The Balaban J connectivity index is 1.56. The molecule has 0 bridgehead atoms. The van der Waals surface area contributed by atoms with Crippen molar-refractivity contribution < 1.29 is 23.9 Å². The molecule has 8 heteroatoms. The fourth-order valence-corrected chi connectivity index (χ4v) is 5.07. The van der Waals surface area contributed by atoms with E-state index in [1.54, 1.807) is 24.3 Å². The fraction of sp³-hybridized carbons (Fsp3) is 0.500. The molecule has 1 aliphatic carbocycles. The van der Waals surface area contributed by atoms with Gasteiger partial charge in [0.2, 0.25) is 11.6 Å². The molecule has 1 saturated carbocycles. The first-order chi connectivity index (χ1) is 15.5. The molecule has 0 unspecified atom stereocenters. The summed E-state index contributed by atoms with van der Waals surface area (Å²) in [4.78, 5) is 54.7. The van der Waals surface area contributed by atoms with Crippen LogP contribution in [-0.4, -0.2) is 53.4 Å². The van der Waals surface area contributed by atoms with E-state index in [9.17, 15) is 19.2 Å². The lowest BCUT2D eigenvalue weighted by atomic mass is 9.96. The molecule has 3 amide bonds. The van der Waals surface area contributed by atoms with Crippen molar-refractivity contribution in [2.24, 2.45) is 0 Å². The molecule has 0 aromatic heterocycles. The van der Waals surface area contributed by atoms with E-state index < -0.39 is 18.2 Å². The number of fused-ring (bicyclic) bond motifs is 3. The average molecular weight is 440 g/mol. The number of nitrogens with one attached hydrogen (secondary N) is 1. The first-order valence-corrected chi connectivity index (χ1v) is 11.3. The molecular weight excluding hydrogens is 410 g/mol. The molecule has 1 saturated heterocycles. The highest BCUT2D eigenvalue weighted by Crippen LogP contribution is 2.45. The van der Waals surface area contributed by atoms with Crippen molar-refractivity contribution in [3.63, 3.8) is 0 Å². The molecule has 0 radical (unpaired) electrons. The second-order valence-corrected chi connectivity index (χ2v) is 8.60. The monoisotopic (exact) mass is 439 g/mol. The number of carbonyl (C=O) groups excluding carboxylic acids is 4. The number of hydrogen-bond donors (Lipinski definition) is 1. The Morgan fingerprint density at radius 1 is 1.16 bits per heavy atom. The van der Waals surface area contributed by atoms with Crippen molar-refractivity contribution >= 4 is 29.4 Å². The summed E-state index contributed by atoms with van der Waals surface area (Å²) in [5.74, 6) is -1.77. The van der Waals surface area contributed by atoms with E-state index in [-0.39, 0.29) is 43.1 Å². The Morgan fingerprint density at radius 3 is 2.59 bits per heavy atom. The van der Waals surface area contributed by atoms with Gasteiger partial charge in [0.05, 0.1) is 11.3 Å². The highest BCUT2D eigenvalue weighted by atomic mass is 16.5. The van der Waals surface area contributed by atoms with Crippen LogP contribution in [0.15, 0.2) is 36.9 Å². The maximum absolute atomic E-state index is 13.4. The first-order valence-electron chi connectivity index (χ1n) is 11.3. The minimum absolute atomic E-state index is 0.0698. The fourth-order valence-electron chi connectivity index (χ4n) is 5.07.